The second kappa shape index (κ2) is 12.0. The number of carbonyl (C=O) groups excluding carboxylic acids is 3. The molecule has 0 saturated carbocycles. The SMILES string of the molecule is CNC(=O)c1ccc(C(=O)c2ccc(C(=O)Nc3ccc(Oc4ccc(C)cc4)cc3)c(C(=O)O)c2)cc1C(=O)O. The zero-order valence-electron chi connectivity index (χ0n) is 21.9. The van der Waals surface area contributed by atoms with Gasteiger partial charge in [0.05, 0.1) is 22.3 Å². The van der Waals surface area contributed by atoms with Gasteiger partial charge in [0.25, 0.3) is 11.8 Å². The lowest BCUT2D eigenvalue weighted by atomic mass is 9.95. The fraction of sp³-hybridized carbons (Fsp3) is 0.0645. The summed E-state index contributed by atoms with van der Waals surface area (Å²) in [5, 5.41) is 24.2. The van der Waals surface area contributed by atoms with Gasteiger partial charge in [-0.2, -0.15) is 0 Å². The van der Waals surface area contributed by atoms with Crippen LogP contribution in [0.15, 0.2) is 84.9 Å². The van der Waals surface area contributed by atoms with Crippen molar-refractivity contribution in [3.05, 3.63) is 124 Å². The number of aryl methyl sites for hydroxylation is 1. The first-order valence-corrected chi connectivity index (χ1v) is 12.2. The number of carboxylic acids is 2. The first-order valence-electron chi connectivity index (χ1n) is 12.2. The smallest absolute Gasteiger partial charge is 0.336 e. The third kappa shape index (κ3) is 6.45. The summed E-state index contributed by atoms with van der Waals surface area (Å²) in [7, 11) is 1.34. The van der Waals surface area contributed by atoms with Gasteiger partial charge in [0.15, 0.2) is 5.78 Å². The number of anilines is 1. The number of ketones is 1. The molecule has 4 rings (SSSR count). The minimum absolute atomic E-state index is 0.0726. The number of benzene rings is 4. The third-order valence-electron chi connectivity index (χ3n) is 6.11. The summed E-state index contributed by atoms with van der Waals surface area (Å²) >= 11 is 0. The lowest BCUT2D eigenvalue weighted by Gasteiger charge is -2.11. The number of carboxylic acid groups (broad SMARTS) is 2. The van der Waals surface area contributed by atoms with Crippen molar-refractivity contribution in [3.63, 3.8) is 0 Å². The molecule has 0 atom stereocenters. The van der Waals surface area contributed by atoms with Crippen molar-refractivity contribution in [1.29, 1.82) is 0 Å². The number of ether oxygens (including phenoxy) is 1. The highest BCUT2D eigenvalue weighted by molar-refractivity contribution is 6.15. The predicted molar refractivity (Wildman–Crippen MR) is 149 cm³/mol. The summed E-state index contributed by atoms with van der Waals surface area (Å²) in [6, 6.07) is 21.0. The summed E-state index contributed by atoms with van der Waals surface area (Å²) in [5.74, 6) is -3.70. The van der Waals surface area contributed by atoms with Crippen molar-refractivity contribution >= 4 is 35.2 Å². The third-order valence-corrected chi connectivity index (χ3v) is 6.11. The molecule has 4 aromatic carbocycles. The maximum absolute atomic E-state index is 13.1. The van der Waals surface area contributed by atoms with Gasteiger partial charge in [0.2, 0.25) is 0 Å². The van der Waals surface area contributed by atoms with Crippen LogP contribution < -0.4 is 15.4 Å². The van der Waals surface area contributed by atoms with Crippen molar-refractivity contribution < 1.29 is 38.9 Å². The fourth-order valence-electron chi connectivity index (χ4n) is 3.97. The lowest BCUT2D eigenvalue weighted by molar-refractivity contribution is 0.0683. The Bertz CT molecular complexity index is 1680. The van der Waals surface area contributed by atoms with Gasteiger partial charge >= 0.3 is 11.9 Å². The summed E-state index contributed by atoms with van der Waals surface area (Å²) in [6.45, 7) is 1.97. The molecule has 0 saturated heterocycles. The first kappa shape index (κ1) is 28.2. The normalized spacial score (nSPS) is 10.4. The highest BCUT2D eigenvalue weighted by Crippen LogP contribution is 2.24. The maximum atomic E-state index is 13.1. The summed E-state index contributed by atoms with van der Waals surface area (Å²) in [5.41, 5.74) is 0.197. The summed E-state index contributed by atoms with van der Waals surface area (Å²) < 4.78 is 5.77. The second-order valence-corrected chi connectivity index (χ2v) is 8.93. The Hall–Kier alpha value is -5.77. The van der Waals surface area contributed by atoms with Crippen molar-refractivity contribution in [2.24, 2.45) is 0 Å². The molecular weight excluding hydrogens is 528 g/mol. The van der Waals surface area contributed by atoms with Gasteiger partial charge < -0.3 is 25.6 Å². The average Bonchev–Trinajstić information content (AvgIpc) is 2.97. The van der Waals surface area contributed by atoms with E-state index in [-0.39, 0.29) is 27.8 Å². The van der Waals surface area contributed by atoms with E-state index in [1.807, 2.05) is 31.2 Å². The molecule has 4 N–H and O–H groups in total. The van der Waals surface area contributed by atoms with Crippen LogP contribution in [0.25, 0.3) is 0 Å². The Morgan fingerprint density at radius 2 is 1.07 bits per heavy atom. The molecule has 0 heterocycles. The minimum atomic E-state index is -1.44. The van der Waals surface area contributed by atoms with Gasteiger partial charge in [-0.3, -0.25) is 14.4 Å². The number of rotatable bonds is 9. The standard InChI is InChI=1S/C31H24N2O8/c1-17-3-9-21(10-4-17)41-22-11-7-20(8-12-22)33-29(36)24-14-6-19(16-26(24)31(39)40)27(34)18-5-13-23(28(35)32-2)25(15-18)30(37)38/h3-16H,1-2H3,(H,32,35)(H,33,36)(H,37,38)(H,39,40). The van der Waals surface area contributed by atoms with E-state index in [4.69, 9.17) is 4.74 Å². The Morgan fingerprint density at radius 1 is 0.610 bits per heavy atom. The zero-order valence-corrected chi connectivity index (χ0v) is 21.9. The molecule has 0 aromatic heterocycles. The molecule has 0 unspecified atom stereocenters. The number of carbonyl (C=O) groups is 5. The molecule has 10 heteroatoms. The molecule has 0 aliphatic rings. The highest BCUT2D eigenvalue weighted by Gasteiger charge is 2.22. The quantitative estimate of drug-likeness (QED) is 0.211. The monoisotopic (exact) mass is 552 g/mol. The van der Waals surface area contributed by atoms with Crippen LogP contribution in [0.1, 0.15) is 62.9 Å². The second-order valence-electron chi connectivity index (χ2n) is 8.93. The predicted octanol–water partition coefficient (Wildman–Crippen LogP) is 5.03. The molecule has 0 spiro atoms. The number of aromatic carboxylic acids is 2. The van der Waals surface area contributed by atoms with Crippen molar-refractivity contribution in [1.82, 2.24) is 5.32 Å². The van der Waals surface area contributed by atoms with Crippen LogP contribution in [-0.2, 0) is 0 Å². The molecule has 2 amide bonds. The van der Waals surface area contributed by atoms with Gasteiger partial charge in [-0.25, -0.2) is 9.59 Å². The van der Waals surface area contributed by atoms with E-state index in [0.29, 0.717) is 17.2 Å². The molecular formula is C31H24N2O8. The molecule has 41 heavy (non-hydrogen) atoms. The summed E-state index contributed by atoms with van der Waals surface area (Å²) in [6.07, 6.45) is 0. The first-order chi connectivity index (χ1) is 19.6. The zero-order chi connectivity index (χ0) is 29.7. The molecule has 0 fully saturated rings. The molecule has 0 aliphatic carbocycles. The number of hydrogen-bond donors (Lipinski definition) is 4. The van der Waals surface area contributed by atoms with Gasteiger partial charge in [0.1, 0.15) is 11.5 Å². The molecule has 0 aliphatic heterocycles. The Labute approximate surface area is 234 Å². The number of hydrogen-bond acceptors (Lipinski definition) is 6. The van der Waals surface area contributed by atoms with Gasteiger partial charge in [0, 0.05) is 23.9 Å². The van der Waals surface area contributed by atoms with Crippen LogP contribution in [0.2, 0.25) is 0 Å². The molecule has 10 nitrogen and oxygen atoms in total. The largest absolute Gasteiger partial charge is 0.478 e. The minimum Gasteiger partial charge on any atom is -0.478 e. The Morgan fingerprint density at radius 3 is 1.54 bits per heavy atom. The van der Waals surface area contributed by atoms with E-state index < -0.39 is 35.1 Å². The van der Waals surface area contributed by atoms with E-state index in [0.717, 1.165) is 17.7 Å². The molecule has 206 valence electrons. The average molecular weight is 553 g/mol. The van der Waals surface area contributed by atoms with Crippen molar-refractivity contribution in [3.8, 4) is 11.5 Å². The Balaban J connectivity index is 1.54. The molecule has 0 bridgehead atoms. The van der Waals surface area contributed by atoms with E-state index in [1.165, 1.54) is 31.3 Å². The molecule has 4 aromatic rings. The topological polar surface area (TPSA) is 159 Å². The Kier molecular flexibility index (Phi) is 8.24. The van der Waals surface area contributed by atoms with Crippen LogP contribution in [-0.4, -0.2) is 46.8 Å². The number of amides is 2. The van der Waals surface area contributed by atoms with Crippen molar-refractivity contribution in [2.75, 3.05) is 12.4 Å². The van der Waals surface area contributed by atoms with E-state index in [9.17, 15) is 34.2 Å². The van der Waals surface area contributed by atoms with Crippen molar-refractivity contribution in [2.45, 2.75) is 6.92 Å². The van der Waals surface area contributed by atoms with Gasteiger partial charge in [-0.05, 0) is 67.6 Å². The van der Waals surface area contributed by atoms with Crippen LogP contribution in [0.4, 0.5) is 5.69 Å². The van der Waals surface area contributed by atoms with Gasteiger partial charge in [-0.15, -0.1) is 0 Å². The van der Waals surface area contributed by atoms with E-state index in [1.54, 1.807) is 24.3 Å². The van der Waals surface area contributed by atoms with Crippen LogP contribution in [0.3, 0.4) is 0 Å². The lowest BCUT2D eigenvalue weighted by Crippen LogP contribution is -2.21. The highest BCUT2D eigenvalue weighted by atomic mass is 16.5. The van der Waals surface area contributed by atoms with E-state index >= 15 is 0 Å². The van der Waals surface area contributed by atoms with E-state index in [2.05, 4.69) is 10.6 Å². The molecule has 0 radical (unpaired) electrons. The van der Waals surface area contributed by atoms with Crippen LogP contribution in [0, 0.1) is 6.92 Å². The van der Waals surface area contributed by atoms with Crippen LogP contribution >= 0.6 is 0 Å². The number of nitrogens with one attached hydrogen (secondary N) is 2. The maximum Gasteiger partial charge on any atom is 0.336 e. The summed E-state index contributed by atoms with van der Waals surface area (Å²) in [4.78, 5) is 61.7. The van der Waals surface area contributed by atoms with Gasteiger partial charge in [-0.1, -0.05) is 29.8 Å². The fourth-order valence-corrected chi connectivity index (χ4v) is 3.97. The van der Waals surface area contributed by atoms with Crippen LogP contribution in [0.5, 0.6) is 11.5 Å².